The van der Waals surface area contributed by atoms with Crippen molar-refractivity contribution in [2.75, 3.05) is 17.2 Å². The molecule has 1 amide bonds. The Balaban J connectivity index is 1.35. The molecule has 5 rings (SSSR count). The summed E-state index contributed by atoms with van der Waals surface area (Å²) in [6.07, 6.45) is 5.73. The second-order valence-electron chi connectivity index (χ2n) is 9.43. The van der Waals surface area contributed by atoms with E-state index < -0.39 is 0 Å². The van der Waals surface area contributed by atoms with Crippen LogP contribution in [0.3, 0.4) is 0 Å². The van der Waals surface area contributed by atoms with E-state index >= 15 is 0 Å². The number of carbonyl (C=O) groups is 1. The zero-order valence-corrected chi connectivity index (χ0v) is 20.9. The molecule has 2 aliphatic heterocycles. The third-order valence-electron chi connectivity index (χ3n) is 7.07. The molecule has 9 nitrogen and oxygen atoms in total. The molecular weight excluding hydrogens is 448 g/mol. The van der Waals surface area contributed by atoms with Crippen molar-refractivity contribution in [1.82, 2.24) is 30.4 Å². The van der Waals surface area contributed by atoms with Crippen LogP contribution in [0, 0.1) is 6.92 Å². The Bertz CT molecular complexity index is 1120. The Morgan fingerprint density at radius 1 is 1.24 bits per heavy atom. The molecule has 3 aromatic heterocycles. The summed E-state index contributed by atoms with van der Waals surface area (Å²) in [5.41, 5.74) is 0.988. The maximum Gasteiger partial charge on any atom is 0.240 e. The lowest BCUT2D eigenvalue weighted by molar-refractivity contribution is -0.140. The fraction of sp³-hybridized carbons (Fsp3) is 0.583. The number of rotatable bonds is 7. The first kappa shape index (κ1) is 23.0. The second-order valence-corrected chi connectivity index (χ2v) is 10.3. The number of piperidine rings is 1. The van der Waals surface area contributed by atoms with Gasteiger partial charge in [-0.3, -0.25) is 9.89 Å². The van der Waals surface area contributed by atoms with Crippen LogP contribution in [0.5, 0.6) is 0 Å². The topological polar surface area (TPSA) is 111 Å². The summed E-state index contributed by atoms with van der Waals surface area (Å²) >= 11 is 1.60. The summed E-state index contributed by atoms with van der Waals surface area (Å²) in [6.45, 7) is 7.28. The molecule has 0 bridgehead atoms. The molecule has 4 N–H and O–H groups in total. The van der Waals surface area contributed by atoms with Gasteiger partial charge in [-0.05, 0) is 63.4 Å². The SMILES string of the molecule is CCC1CC(Nc2nc(Nc3cc(C)[nH]n3)c3ccsc3n2)CC(CC)N1C(=O)C1CCCN1. The van der Waals surface area contributed by atoms with Crippen LogP contribution in [-0.2, 0) is 4.79 Å². The van der Waals surface area contributed by atoms with Crippen molar-refractivity contribution in [2.45, 2.75) is 83.5 Å². The predicted molar refractivity (Wildman–Crippen MR) is 137 cm³/mol. The van der Waals surface area contributed by atoms with Gasteiger partial charge >= 0.3 is 0 Å². The number of carbonyl (C=O) groups excluding carboxylic acids is 1. The number of likely N-dealkylation sites (tertiary alicyclic amines) is 1. The predicted octanol–water partition coefficient (Wildman–Crippen LogP) is 4.18. The molecule has 2 fully saturated rings. The monoisotopic (exact) mass is 482 g/mol. The van der Waals surface area contributed by atoms with Crippen molar-refractivity contribution in [3.63, 3.8) is 0 Å². The second kappa shape index (κ2) is 9.87. The molecular formula is C24H34N8OS. The van der Waals surface area contributed by atoms with Gasteiger partial charge in [0.2, 0.25) is 11.9 Å². The molecule has 0 saturated carbocycles. The highest BCUT2D eigenvalue weighted by Gasteiger charge is 2.40. The summed E-state index contributed by atoms with van der Waals surface area (Å²) in [6, 6.07) is 4.64. The maximum atomic E-state index is 13.3. The van der Waals surface area contributed by atoms with Crippen LogP contribution >= 0.6 is 11.3 Å². The first-order valence-corrected chi connectivity index (χ1v) is 13.3. The number of aromatic nitrogens is 4. The number of hydrogen-bond donors (Lipinski definition) is 4. The number of hydrogen-bond acceptors (Lipinski definition) is 8. The summed E-state index contributed by atoms with van der Waals surface area (Å²) in [5.74, 6) is 2.39. The number of thiophene rings is 1. The molecule has 10 heteroatoms. The highest BCUT2D eigenvalue weighted by Crippen LogP contribution is 2.32. The highest BCUT2D eigenvalue weighted by atomic mass is 32.1. The Labute approximate surface area is 204 Å². The van der Waals surface area contributed by atoms with Gasteiger partial charge in [-0.15, -0.1) is 11.3 Å². The van der Waals surface area contributed by atoms with Crippen molar-refractivity contribution in [2.24, 2.45) is 0 Å². The van der Waals surface area contributed by atoms with Crippen molar-refractivity contribution in [1.29, 1.82) is 0 Å². The summed E-state index contributed by atoms with van der Waals surface area (Å²) < 4.78 is 0. The van der Waals surface area contributed by atoms with E-state index in [9.17, 15) is 4.79 Å². The molecule has 34 heavy (non-hydrogen) atoms. The minimum Gasteiger partial charge on any atom is -0.351 e. The van der Waals surface area contributed by atoms with Gasteiger partial charge < -0.3 is 20.9 Å². The molecule has 3 unspecified atom stereocenters. The number of aromatic amines is 1. The van der Waals surface area contributed by atoms with E-state index in [1.165, 1.54) is 0 Å². The smallest absolute Gasteiger partial charge is 0.240 e. The van der Waals surface area contributed by atoms with Gasteiger partial charge in [-0.25, -0.2) is 4.98 Å². The molecule has 3 atom stereocenters. The highest BCUT2D eigenvalue weighted by molar-refractivity contribution is 7.16. The maximum absolute atomic E-state index is 13.3. The average Bonchev–Trinajstić information content (AvgIpc) is 3.60. The van der Waals surface area contributed by atoms with Crippen LogP contribution in [-0.4, -0.2) is 61.7 Å². The summed E-state index contributed by atoms with van der Waals surface area (Å²) in [4.78, 5) is 26.1. The van der Waals surface area contributed by atoms with Crippen LogP contribution < -0.4 is 16.0 Å². The number of anilines is 3. The Morgan fingerprint density at radius 3 is 2.68 bits per heavy atom. The lowest BCUT2D eigenvalue weighted by atomic mass is 9.87. The van der Waals surface area contributed by atoms with Crippen molar-refractivity contribution in [3.8, 4) is 0 Å². The third-order valence-corrected chi connectivity index (χ3v) is 7.87. The standard InChI is InChI=1S/C24H34N8OS/c1-4-16-12-15(13-17(5-2)32(16)23(33)19-7-6-9-25-19)26-24-28-21(18-8-10-34-22(18)29-24)27-20-11-14(3)30-31-20/h8,10-11,15-17,19,25H,4-7,9,12-13H2,1-3H3,(H3,26,27,28,29,30,31). The minimum absolute atomic E-state index is 0.0171. The molecule has 0 aromatic carbocycles. The van der Waals surface area contributed by atoms with E-state index in [0.29, 0.717) is 5.95 Å². The Hall–Kier alpha value is -2.72. The quantitative estimate of drug-likeness (QED) is 0.400. The number of amides is 1. The van der Waals surface area contributed by atoms with Crippen LogP contribution in [0.1, 0.15) is 58.1 Å². The van der Waals surface area contributed by atoms with Crippen LogP contribution in [0.25, 0.3) is 10.2 Å². The number of H-pyrrole nitrogens is 1. The fourth-order valence-electron chi connectivity index (χ4n) is 5.36. The van der Waals surface area contributed by atoms with Crippen LogP contribution in [0.15, 0.2) is 17.5 Å². The number of nitrogens with zero attached hydrogens (tertiary/aromatic N) is 4. The number of aryl methyl sites for hydroxylation is 1. The van der Waals surface area contributed by atoms with Gasteiger partial charge in [-0.1, -0.05) is 13.8 Å². The number of fused-ring (bicyclic) bond motifs is 1. The molecule has 182 valence electrons. The lowest BCUT2D eigenvalue weighted by Gasteiger charge is -2.46. The Morgan fingerprint density at radius 2 is 2.03 bits per heavy atom. The van der Waals surface area contributed by atoms with Crippen molar-refractivity contribution < 1.29 is 4.79 Å². The van der Waals surface area contributed by atoms with Crippen molar-refractivity contribution in [3.05, 3.63) is 23.2 Å². The van der Waals surface area contributed by atoms with Gasteiger partial charge in [0, 0.05) is 29.9 Å². The molecule has 2 saturated heterocycles. The molecule has 5 heterocycles. The van der Waals surface area contributed by atoms with Crippen LogP contribution in [0.2, 0.25) is 0 Å². The van der Waals surface area contributed by atoms with Gasteiger partial charge in [0.15, 0.2) is 5.82 Å². The van der Waals surface area contributed by atoms with E-state index in [1.807, 2.05) is 24.4 Å². The Kier molecular flexibility index (Phi) is 6.69. The van der Waals surface area contributed by atoms with Crippen LogP contribution in [0.4, 0.5) is 17.6 Å². The van der Waals surface area contributed by atoms with Gasteiger partial charge in [0.25, 0.3) is 0 Å². The normalized spacial score (nSPS) is 25.1. The largest absolute Gasteiger partial charge is 0.351 e. The number of nitrogens with one attached hydrogen (secondary N) is 4. The van der Waals surface area contributed by atoms with E-state index in [0.717, 1.165) is 72.6 Å². The van der Waals surface area contributed by atoms with Gasteiger partial charge in [0.05, 0.1) is 11.4 Å². The minimum atomic E-state index is -0.0171. The summed E-state index contributed by atoms with van der Waals surface area (Å²) in [5, 5.41) is 20.6. The zero-order chi connectivity index (χ0) is 23.7. The van der Waals surface area contributed by atoms with E-state index in [4.69, 9.17) is 9.97 Å². The lowest BCUT2D eigenvalue weighted by Crippen LogP contribution is -2.58. The third kappa shape index (κ3) is 4.61. The molecule has 0 radical (unpaired) electrons. The van der Waals surface area contributed by atoms with E-state index in [-0.39, 0.29) is 30.1 Å². The zero-order valence-electron chi connectivity index (χ0n) is 20.1. The molecule has 0 aliphatic carbocycles. The van der Waals surface area contributed by atoms with E-state index in [1.54, 1.807) is 11.3 Å². The van der Waals surface area contributed by atoms with Gasteiger partial charge in [0.1, 0.15) is 10.6 Å². The first-order valence-electron chi connectivity index (χ1n) is 12.4. The average molecular weight is 483 g/mol. The molecule has 2 aliphatic rings. The van der Waals surface area contributed by atoms with E-state index in [2.05, 4.69) is 44.9 Å². The summed E-state index contributed by atoms with van der Waals surface area (Å²) in [7, 11) is 0. The molecule has 3 aromatic rings. The van der Waals surface area contributed by atoms with Crippen molar-refractivity contribution >= 4 is 45.0 Å². The molecule has 0 spiro atoms. The fourth-order valence-corrected chi connectivity index (χ4v) is 6.12. The first-order chi connectivity index (χ1) is 16.6. The van der Waals surface area contributed by atoms with Gasteiger partial charge in [-0.2, -0.15) is 10.1 Å².